The molecule has 2 aromatic rings. The van der Waals surface area contributed by atoms with Gasteiger partial charge in [-0.25, -0.2) is 12.8 Å². The molecule has 7 heteroatoms. The molecule has 0 saturated carbocycles. The lowest BCUT2D eigenvalue weighted by molar-refractivity contribution is 0.272. The van der Waals surface area contributed by atoms with E-state index < -0.39 is 10.0 Å². The number of nitrogens with zero attached hydrogens (tertiary/aromatic N) is 1. The van der Waals surface area contributed by atoms with Crippen molar-refractivity contribution in [3.8, 4) is 5.75 Å². The van der Waals surface area contributed by atoms with Gasteiger partial charge in [0.1, 0.15) is 16.5 Å². The van der Waals surface area contributed by atoms with E-state index in [1.807, 2.05) is 0 Å². The quantitative estimate of drug-likeness (QED) is 0.762. The Morgan fingerprint density at radius 3 is 2.42 bits per heavy atom. The van der Waals surface area contributed by atoms with Gasteiger partial charge in [-0.2, -0.15) is 4.31 Å². The van der Waals surface area contributed by atoms with Crippen LogP contribution in [0.1, 0.15) is 18.4 Å². The van der Waals surface area contributed by atoms with Crippen LogP contribution in [0.2, 0.25) is 5.02 Å². The number of hydrogen-bond donors (Lipinski definition) is 0. The van der Waals surface area contributed by atoms with Gasteiger partial charge in [0.05, 0.1) is 7.11 Å². The zero-order valence-corrected chi connectivity index (χ0v) is 16.1. The zero-order chi connectivity index (χ0) is 18.7. The Labute approximate surface area is 158 Å². The van der Waals surface area contributed by atoms with Crippen molar-refractivity contribution in [1.29, 1.82) is 0 Å². The van der Waals surface area contributed by atoms with Crippen LogP contribution in [0, 0.1) is 11.7 Å². The summed E-state index contributed by atoms with van der Waals surface area (Å²) < 4.78 is 45.6. The van der Waals surface area contributed by atoms with Gasteiger partial charge < -0.3 is 4.74 Å². The summed E-state index contributed by atoms with van der Waals surface area (Å²) in [5.41, 5.74) is 1.08. The molecule has 4 nitrogen and oxygen atoms in total. The van der Waals surface area contributed by atoms with Crippen LogP contribution < -0.4 is 4.74 Å². The maximum atomic E-state index is 13.0. The van der Waals surface area contributed by atoms with Gasteiger partial charge in [0.2, 0.25) is 10.0 Å². The first kappa shape index (κ1) is 19.1. The highest BCUT2D eigenvalue weighted by Gasteiger charge is 2.31. The summed E-state index contributed by atoms with van der Waals surface area (Å²) in [5, 5.41) is 0.429. The molecule has 0 spiro atoms. The molecule has 0 unspecified atom stereocenters. The summed E-state index contributed by atoms with van der Waals surface area (Å²) in [5.74, 6) is 0.400. The number of piperidine rings is 1. The molecule has 2 aromatic carbocycles. The van der Waals surface area contributed by atoms with Crippen molar-refractivity contribution in [2.75, 3.05) is 20.2 Å². The fourth-order valence-corrected chi connectivity index (χ4v) is 5.07. The predicted molar refractivity (Wildman–Crippen MR) is 99.6 cm³/mol. The minimum Gasteiger partial charge on any atom is -0.495 e. The maximum Gasteiger partial charge on any atom is 0.246 e. The standard InChI is InChI=1S/C19H21ClFNO3S/c1-25-18-13-16(20)4-7-19(18)26(23,24)22-10-8-15(9-11-22)12-14-2-5-17(21)6-3-14/h2-7,13,15H,8-12H2,1H3. The second-order valence-corrected chi connectivity index (χ2v) is 8.82. The molecule has 1 aliphatic heterocycles. The predicted octanol–water partition coefficient (Wildman–Crippen LogP) is 4.13. The molecule has 0 aliphatic carbocycles. The van der Waals surface area contributed by atoms with E-state index in [4.69, 9.17) is 16.3 Å². The van der Waals surface area contributed by atoms with E-state index in [1.54, 1.807) is 18.2 Å². The van der Waals surface area contributed by atoms with Crippen LogP contribution >= 0.6 is 11.6 Å². The van der Waals surface area contributed by atoms with Crippen LogP contribution in [0.3, 0.4) is 0 Å². The summed E-state index contributed by atoms with van der Waals surface area (Å²) >= 11 is 5.93. The van der Waals surface area contributed by atoms with Crippen LogP contribution in [0.25, 0.3) is 0 Å². The molecule has 0 atom stereocenters. The number of benzene rings is 2. The Morgan fingerprint density at radius 1 is 1.15 bits per heavy atom. The molecule has 0 aromatic heterocycles. The Hall–Kier alpha value is -1.63. The van der Waals surface area contributed by atoms with Crippen LogP contribution in [-0.4, -0.2) is 32.9 Å². The van der Waals surface area contributed by atoms with E-state index in [2.05, 4.69) is 0 Å². The monoisotopic (exact) mass is 397 g/mol. The van der Waals surface area contributed by atoms with E-state index in [-0.39, 0.29) is 16.5 Å². The lowest BCUT2D eigenvalue weighted by atomic mass is 9.91. The van der Waals surface area contributed by atoms with Crippen molar-refractivity contribution in [3.63, 3.8) is 0 Å². The highest BCUT2D eigenvalue weighted by molar-refractivity contribution is 7.89. The van der Waals surface area contributed by atoms with E-state index in [0.29, 0.717) is 24.0 Å². The minimum atomic E-state index is -3.62. The molecule has 0 radical (unpaired) electrons. The molecule has 0 bridgehead atoms. The molecule has 1 aliphatic rings. The van der Waals surface area contributed by atoms with Crippen molar-refractivity contribution < 1.29 is 17.5 Å². The van der Waals surface area contributed by atoms with Crippen LogP contribution in [0.4, 0.5) is 4.39 Å². The van der Waals surface area contributed by atoms with Gasteiger partial charge in [0.25, 0.3) is 0 Å². The number of methoxy groups -OCH3 is 1. The average Bonchev–Trinajstić information content (AvgIpc) is 2.63. The van der Waals surface area contributed by atoms with Crippen molar-refractivity contribution in [3.05, 3.63) is 58.9 Å². The Bertz CT molecular complexity index is 863. The van der Waals surface area contributed by atoms with Crippen LogP contribution in [0.5, 0.6) is 5.75 Å². The largest absolute Gasteiger partial charge is 0.495 e. The molecule has 26 heavy (non-hydrogen) atoms. The second-order valence-electron chi connectivity index (χ2n) is 6.47. The first-order chi connectivity index (χ1) is 12.4. The topological polar surface area (TPSA) is 46.6 Å². The smallest absolute Gasteiger partial charge is 0.246 e. The van der Waals surface area contributed by atoms with Crippen LogP contribution in [-0.2, 0) is 16.4 Å². The third-order valence-electron chi connectivity index (χ3n) is 4.75. The lowest BCUT2D eigenvalue weighted by Crippen LogP contribution is -2.39. The average molecular weight is 398 g/mol. The van der Waals surface area contributed by atoms with Gasteiger partial charge in [0, 0.05) is 24.2 Å². The molecular weight excluding hydrogens is 377 g/mol. The van der Waals surface area contributed by atoms with Crippen molar-refractivity contribution >= 4 is 21.6 Å². The molecule has 3 rings (SSSR count). The first-order valence-corrected chi connectivity index (χ1v) is 10.3. The van der Waals surface area contributed by atoms with E-state index >= 15 is 0 Å². The zero-order valence-electron chi connectivity index (χ0n) is 14.5. The summed E-state index contributed by atoms with van der Waals surface area (Å²) in [6, 6.07) is 11.0. The molecule has 1 saturated heterocycles. The fourth-order valence-electron chi connectivity index (χ4n) is 3.30. The molecular formula is C19H21ClFNO3S. The summed E-state index contributed by atoms with van der Waals surface area (Å²) in [7, 11) is -2.19. The van der Waals surface area contributed by atoms with E-state index in [9.17, 15) is 12.8 Å². The highest BCUT2D eigenvalue weighted by Crippen LogP contribution is 2.32. The SMILES string of the molecule is COc1cc(Cl)ccc1S(=O)(=O)N1CCC(Cc2ccc(F)cc2)CC1. The number of ether oxygens (including phenoxy) is 1. The number of hydrogen-bond acceptors (Lipinski definition) is 3. The molecule has 140 valence electrons. The van der Waals surface area contributed by atoms with Gasteiger partial charge in [0.15, 0.2) is 0 Å². The number of rotatable bonds is 5. The third-order valence-corrected chi connectivity index (χ3v) is 6.93. The van der Waals surface area contributed by atoms with Crippen molar-refractivity contribution in [2.45, 2.75) is 24.2 Å². The van der Waals surface area contributed by atoms with Gasteiger partial charge in [-0.05, 0) is 55.0 Å². The summed E-state index contributed by atoms with van der Waals surface area (Å²) in [6.07, 6.45) is 2.37. The Morgan fingerprint density at radius 2 is 1.81 bits per heavy atom. The van der Waals surface area contributed by atoms with Crippen molar-refractivity contribution in [1.82, 2.24) is 4.31 Å². The fraction of sp³-hybridized carbons (Fsp3) is 0.368. The van der Waals surface area contributed by atoms with Gasteiger partial charge in [-0.3, -0.25) is 0 Å². The summed E-state index contributed by atoms with van der Waals surface area (Å²) in [4.78, 5) is 0.140. The van der Waals surface area contributed by atoms with Gasteiger partial charge >= 0.3 is 0 Å². The Balaban J connectivity index is 1.68. The normalized spacial score (nSPS) is 16.6. The molecule has 0 amide bonds. The highest BCUT2D eigenvalue weighted by atomic mass is 35.5. The second kappa shape index (κ2) is 7.94. The molecule has 0 N–H and O–H groups in total. The first-order valence-electron chi connectivity index (χ1n) is 8.48. The molecule has 1 fully saturated rings. The van der Waals surface area contributed by atoms with E-state index in [1.165, 1.54) is 35.7 Å². The van der Waals surface area contributed by atoms with E-state index in [0.717, 1.165) is 24.8 Å². The summed E-state index contributed by atoms with van der Waals surface area (Å²) in [6.45, 7) is 0.917. The Kier molecular flexibility index (Phi) is 5.85. The third kappa shape index (κ3) is 4.19. The van der Waals surface area contributed by atoms with Crippen LogP contribution in [0.15, 0.2) is 47.4 Å². The van der Waals surface area contributed by atoms with Crippen molar-refractivity contribution in [2.24, 2.45) is 5.92 Å². The molecule has 1 heterocycles. The van der Waals surface area contributed by atoms with Gasteiger partial charge in [-0.1, -0.05) is 23.7 Å². The minimum absolute atomic E-state index is 0.140. The lowest BCUT2D eigenvalue weighted by Gasteiger charge is -2.31. The maximum absolute atomic E-state index is 13.0. The number of sulfonamides is 1. The van der Waals surface area contributed by atoms with Gasteiger partial charge in [-0.15, -0.1) is 0 Å². The number of halogens is 2.